The third-order valence-corrected chi connectivity index (χ3v) is 7.22. The molecule has 0 aliphatic rings. The van der Waals surface area contributed by atoms with Gasteiger partial charge in [0.1, 0.15) is 17.2 Å². The van der Waals surface area contributed by atoms with E-state index in [1.54, 1.807) is 17.8 Å². The number of carbonyl (C=O) groups excluding carboxylic acids is 1. The summed E-state index contributed by atoms with van der Waals surface area (Å²) in [4.78, 5) is 8.89. The molecule has 202 valence electrons. The summed E-state index contributed by atoms with van der Waals surface area (Å²) in [5.41, 5.74) is 9.53. The average molecular weight is 546 g/mol. The number of aliphatic carboxylic acids is 1. The van der Waals surface area contributed by atoms with Gasteiger partial charge in [-0.25, -0.2) is 0 Å². The third kappa shape index (κ3) is 6.08. The molecule has 2 aromatic heterocycles. The number of carbonyl (C=O) groups is 1. The van der Waals surface area contributed by atoms with Crippen LogP contribution in [0.2, 0.25) is 0 Å². The molecule has 0 bridgehead atoms. The van der Waals surface area contributed by atoms with Crippen molar-refractivity contribution >= 4 is 34.3 Å². The van der Waals surface area contributed by atoms with E-state index >= 15 is 0 Å². The van der Waals surface area contributed by atoms with Crippen molar-refractivity contribution in [2.24, 2.45) is 7.05 Å². The van der Waals surface area contributed by atoms with Crippen LogP contribution in [0.4, 0.5) is 5.69 Å². The first-order valence-corrected chi connectivity index (χ1v) is 13.3. The maximum absolute atomic E-state index is 10.8. The Bertz CT molecular complexity index is 1640. The summed E-state index contributed by atoms with van der Waals surface area (Å²) < 4.78 is 4.05. The summed E-state index contributed by atoms with van der Waals surface area (Å²) in [5.74, 6) is 0.226. The zero-order valence-electron chi connectivity index (χ0n) is 22.3. The van der Waals surface area contributed by atoms with Gasteiger partial charge >= 0.3 is 0 Å². The van der Waals surface area contributed by atoms with Gasteiger partial charge in [-0.15, -0.1) is 10.2 Å². The molecule has 0 amide bonds. The number of nitrogens with zero attached hydrogens (tertiary/aromatic N) is 4. The van der Waals surface area contributed by atoms with Gasteiger partial charge in [0, 0.05) is 47.5 Å². The molecule has 0 aliphatic heterocycles. The Kier molecular flexibility index (Phi) is 8.27. The van der Waals surface area contributed by atoms with E-state index in [0.717, 1.165) is 40.3 Å². The molecule has 0 saturated carbocycles. The standard InChI is InChI=1S/C27H27N5O2S.C2H4O2/c1-16(2)20-13-21(25(34)14-24(20)33)26-29-30-27(35-15-18-6-4-5-7-22(18)28)32(26)19-8-9-23-17(12-19)10-11-31(23)3;1-2(3)4/h4-14,16,33-34H,15,28H2,1-3H3;1H3,(H,3,4). The molecule has 10 heteroatoms. The second-order valence-corrected chi connectivity index (χ2v) is 10.4. The number of fused-ring (bicyclic) bond motifs is 1. The number of phenolic OH excluding ortho intramolecular Hbond substituents is 2. The summed E-state index contributed by atoms with van der Waals surface area (Å²) in [6.45, 7) is 4.98. The van der Waals surface area contributed by atoms with Crippen LogP contribution in [0, 0.1) is 0 Å². The topological polar surface area (TPSA) is 144 Å². The second-order valence-electron chi connectivity index (χ2n) is 9.44. The zero-order chi connectivity index (χ0) is 28.3. The molecule has 3 aromatic carbocycles. The number of hydrogen-bond donors (Lipinski definition) is 3. The molecular weight excluding hydrogens is 514 g/mol. The lowest BCUT2D eigenvalue weighted by atomic mass is 9.98. The van der Waals surface area contributed by atoms with Crippen LogP contribution in [0.3, 0.4) is 0 Å². The summed E-state index contributed by atoms with van der Waals surface area (Å²) in [5, 5.41) is 40.9. The van der Waals surface area contributed by atoms with Gasteiger partial charge in [-0.05, 0) is 54.8 Å². The van der Waals surface area contributed by atoms with Gasteiger partial charge in [0.05, 0.1) is 11.3 Å². The quantitative estimate of drug-likeness (QED) is 0.275. The number of phenols is 2. The van der Waals surface area contributed by atoms with Gasteiger partial charge < -0.3 is 30.4 Å². The molecular formula is C29H31N5O4S. The maximum Gasteiger partial charge on any atom is 0.196 e. The SMILES string of the molecule is CC(=O)[O-].CC(C)c1cc(-c2nnc(SCc3ccccc3[NH3+])n2-c2ccc3c(ccn3C)c2)c(O)cc1O. The van der Waals surface area contributed by atoms with Crippen LogP contribution in [0.1, 0.15) is 37.8 Å². The van der Waals surface area contributed by atoms with E-state index in [-0.39, 0.29) is 17.4 Å². The number of carboxylic acid groups (broad SMARTS) is 1. The highest BCUT2D eigenvalue weighted by molar-refractivity contribution is 7.98. The van der Waals surface area contributed by atoms with E-state index in [4.69, 9.17) is 9.90 Å². The van der Waals surface area contributed by atoms with Crippen LogP contribution in [0.15, 0.2) is 72.0 Å². The molecule has 5 rings (SSSR count). The van der Waals surface area contributed by atoms with E-state index in [1.807, 2.05) is 55.9 Å². The van der Waals surface area contributed by atoms with Crippen molar-refractivity contribution in [3.05, 3.63) is 78.0 Å². The van der Waals surface area contributed by atoms with Gasteiger partial charge in [-0.2, -0.15) is 0 Å². The average Bonchev–Trinajstić information content (AvgIpc) is 3.46. The first kappa shape index (κ1) is 27.7. The fourth-order valence-corrected chi connectivity index (χ4v) is 5.24. The van der Waals surface area contributed by atoms with Crippen molar-refractivity contribution in [3.8, 4) is 28.6 Å². The van der Waals surface area contributed by atoms with Crippen molar-refractivity contribution < 1.29 is 25.8 Å². The van der Waals surface area contributed by atoms with Gasteiger partial charge in [0.25, 0.3) is 0 Å². The fourth-order valence-electron chi connectivity index (χ4n) is 4.25. The number of aryl methyl sites for hydroxylation is 1. The van der Waals surface area contributed by atoms with Crippen LogP contribution in [-0.4, -0.2) is 35.5 Å². The number of aromatic nitrogens is 4. The number of thioether (sulfide) groups is 1. The van der Waals surface area contributed by atoms with Crippen LogP contribution < -0.4 is 10.8 Å². The van der Waals surface area contributed by atoms with Crippen molar-refractivity contribution in [3.63, 3.8) is 0 Å². The fraction of sp³-hybridized carbons (Fsp3) is 0.207. The molecule has 39 heavy (non-hydrogen) atoms. The van der Waals surface area contributed by atoms with E-state index in [0.29, 0.717) is 22.3 Å². The minimum atomic E-state index is -1.08. The molecule has 0 saturated heterocycles. The molecule has 5 N–H and O–H groups in total. The number of aromatic hydroxyl groups is 2. The number of benzene rings is 3. The molecule has 0 aliphatic carbocycles. The highest BCUT2D eigenvalue weighted by atomic mass is 32.2. The van der Waals surface area contributed by atoms with Crippen molar-refractivity contribution in [1.82, 2.24) is 19.3 Å². The normalized spacial score (nSPS) is 11.0. The number of hydrogen-bond acceptors (Lipinski definition) is 7. The number of rotatable bonds is 6. The van der Waals surface area contributed by atoms with Crippen LogP contribution >= 0.6 is 11.8 Å². The van der Waals surface area contributed by atoms with Crippen molar-refractivity contribution in [2.75, 3.05) is 0 Å². The molecule has 0 radical (unpaired) electrons. The molecule has 2 heterocycles. The molecule has 0 atom stereocenters. The second kappa shape index (κ2) is 11.6. The number of quaternary nitrogens is 1. The first-order chi connectivity index (χ1) is 18.6. The summed E-state index contributed by atoms with van der Waals surface area (Å²) in [6, 6.07) is 19.5. The van der Waals surface area contributed by atoms with E-state index in [2.05, 4.69) is 44.8 Å². The smallest absolute Gasteiger partial charge is 0.196 e. The molecule has 9 nitrogen and oxygen atoms in total. The molecule has 5 aromatic rings. The van der Waals surface area contributed by atoms with Crippen molar-refractivity contribution in [2.45, 2.75) is 37.6 Å². The van der Waals surface area contributed by atoms with Gasteiger partial charge in [-0.1, -0.05) is 43.8 Å². The Morgan fingerprint density at radius 3 is 2.46 bits per heavy atom. The Morgan fingerprint density at radius 2 is 1.77 bits per heavy atom. The first-order valence-electron chi connectivity index (χ1n) is 12.3. The monoisotopic (exact) mass is 545 g/mol. The van der Waals surface area contributed by atoms with Gasteiger partial charge in [-0.3, -0.25) is 4.57 Å². The summed E-state index contributed by atoms with van der Waals surface area (Å²) in [7, 11) is 2.02. The lowest BCUT2D eigenvalue weighted by Gasteiger charge is -2.15. The highest BCUT2D eigenvalue weighted by Gasteiger charge is 2.22. The van der Waals surface area contributed by atoms with Gasteiger partial charge in [0.2, 0.25) is 0 Å². The Morgan fingerprint density at radius 1 is 1.05 bits per heavy atom. The maximum atomic E-state index is 10.8. The molecule has 0 unspecified atom stereocenters. The van der Waals surface area contributed by atoms with E-state index in [1.165, 1.54) is 6.07 Å². The lowest BCUT2D eigenvalue weighted by Crippen LogP contribution is -2.41. The predicted octanol–water partition coefficient (Wildman–Crippen LogP) is 3.88. The largest absolute Gasteiger partial charge is 0.550 e. The van der Waals surface area contributed by atoms with Gasteiger partial charge in [0.15, 0.2) is 11.0 Å². The summed E-state index contributed by atoms with van der Waals surface area (Å²) in [6.07, 6.45) is 2.03. The van der Waals surface area contributed by atoms with Crippen LogP contribution in [-0.2, 0) is 17.6 Å². The predicted molar refractivity (Wildman–Crippen MR) is 150 cm³/mol. The Labute approximate surface area is 230 Å². The molecule has 0 spiro atoms. The minimum Gasteiger partial charge on any atom is -0.550 e. The van der Waals surface area contributed by atoms with Crippen molar-refractivity contribution in [1.29, 1.82) is 0 Å². The van der Waals surface area contributed by atoms with Crippen LogP contribution in [0.5, 0.6) is 11.5 Å². The number of carboxylic acids is 1. The highest BCUT2D eigenvalue weighted by Crippen LogP contribution is 2.39. The van der Waals surface area contributed by atoms with E-state index < -0.39 is 5.97 Å². The minimum absolute atomic E-state index is 0.0407. The van der Waals surface area contributed by atoms with Crippen LogP contribution in [0.25, 0.3) is 28.0 Å². The summed E-state index contributed by atoms with van der Waals surface area (Å²) >= 11 is 1.57. The van der Waals surface area contributed by atoms with E-state index in [9.17, 15) is 10.2 Å². The zero-order valence-corrected chi connectivity index (χ0v) is 23.1. The third-order valence-electron chi connectivity index (χ3n) is 6.24. The lowest BCUT2D eigenvalue weighted by molar-refractivity contribution is -0.302. The molecule has 0 fully saturated rings. The Balaban J connectivity index is 0.000000826. The Hall–Kier alpha value is -4.28.